The van der Waals surface area contributed by atoms with E-state index in [1.54, 1.807) is 24.3 Å². The van der Waals surface area contributed by atoms with Crippen LogP contribution in [0.3, 0.4) is 0 Å². The first-order chi connectivity index (χ1) is 18.5. The Morgan fingerprint density at radius 3 is 2.15 bits per heavy atom. The van der Waals surface area contributed by atoms with E-state index in [-0.39, 0.29) is 24.3 Å². The van der Waals surface area contributed by atoms with Crippen molar-refractivity contribution in [3.8, 4) is 5.69 Å². The molecule has 0 saturated carbocycles. The van der Waals surface area contributed by atoms with Gasteiger partial charge in [-0.15, -0.1) is 0 Å². The molecule has 0 fully saturated rings. The number of anilines is 1. The first-order valence-corrected chi connectivity index (χ1v) is 12.7. The summed E-state index contributed by atoms with van der Waals surface area (Å²) < 4.78 is 2.49. The minimum atomic E-state index is -0.581. The molecule has 0 atom stereocenters. The smallest absolute Gasteiger partial charge is 0.337 e. The van der Waals surface area contributed by atoms with Gasteiger partial charge in [-0.05, 0) is 41.7 Å². The van der Waals surface area contributed by atoms with Crippen LogP contribution in [-0.4, -0.2) is 27.5 Å². The van der Waals surface area contributed by atoms with Gasteiger partial charge in [0.05, 0.1) is 18.8 Å². The average molecular weight is 525 g/mol. The molecule has 1 heterocycles. The fourth-order valence-electron chi connectivity index (χ4n) is 4.27. The van der Waals surface area contributed by atoms with Gasteiger partial charge in [-0.1, -0.05) is 87.0 Å². The summed E-state index contributed by atoms with van der Waals surface area (Å²) in [5.74, 6) is -0.948. The van der Waals surface area contributed by atoms with Crippen LogP contribution in [0.25, 0.3) is 5.69 Å². The summed E-state index contributed by atoms with van der Waals surface area (Å²) in [5, 5.41) is 5.26. The molecule has 3 aromatic carbocycles. The number of rotatable bonds is 7. The Balaban J connectivity index is 1.72. The Morgan fingerprint density at radius 1 is 0.846 bits per heavy atom. The number of benzene rings is 3. The SMILES string of the molecule is Cc1ccc(C(=O)NCC(=O)Nc2cc(=O)n(Cc3ccccc3)c(=O)n2-c2ccccc2C(C)(C)C)cc1. The van der Waals surface area contributed by atoms with E-state index in [0.29, 0.717) is 11.3 Å². The Kier molecular flexibility index (Phi) is 7.95. The van der Waals surface area contributed by atoms with Crippen LogP contribution in [0, 0.1) is 6.92 Å². The second-order valence-electron chi connectivity index (χ2n) is 10.4. The molecule has 0 aliphatic heterocycles. The van der Waals surface area contributed by atoms with Crippen molar-refractivity contribution < 1.29 is 9.59 Å². The number of aryl methyl sites for hydroxylation is 1. The van der Waals surface area contributed by atoms with Crippen molar-refractivity contribution in [2.24, 2.45) is 0 Å². The third-order valence-corrected chi connectivity index (χ3v) is 6.32. The van der Waals surface area contributed by atoms with Gasteiger partial charge in [0.1, 0.15) is 5.82 Å². The second-order valence-corrected chi connectivity index (χ2v) is 10.4. The first-order valence-electron chi connectivity index (χ1n) is 12.7. The van der Waals surface area contributed by atoms with Gasteiger partial charge in [-0.2, -0.15) is 0 Å². The molecule has 0 unspecified atom stereocenters. The van der Waals surface area contributed by atoms with Gasteiger partial charge in [-0.25, -0.2) is 9.36 Å². The molecule has 0 saturated heterocycles. The second kappa shape index (κ2) is 11.3. The van der Waals surface area contributed by atoms with Crippen molar-refractivity contribution in [3.63, 3.8) is 0 Å². The summed E-state index contributed by atoms with van der Waals surface area (Å²) in [6, 6.07) is 24.8. The predicted octanol–water partition coefficient (Wildman–Crippen LogP) is 4.02. The Hall–Kier alpha value is -4.72. The number of aromatic nitrogens is 2. The lowest BCUT2D eigenvalue weighted by atomic mass is 9.85. The number of carbonyl (C=O) groups excluding carboxylic acids is 2. The van der Waals surface area contributed by atoms with Gasteiger partial charge in [0.15, 0.2) is 0 Å². The maximum Gasteiger partial charge on any atom is 0.337 e. The Labute approximate surface area is 226 Å². The highest BCUT2D eigenvalue weighted by Crippen LogP contribution is 2.29. The van der Waals surface area contributed by atoms with Crippen molar-refractivity contribution in [1.82, 2.24) is 14.5 Å². The van der Waals surface area contributed by atoms with E-state index in [1.165, 1.54) is 10.6 Å². The standard InChI is InChI=1S/C31H32N4O4/c1-21-14-16-23(17-15-21)29(38)32-19-27(36)33-26-18-28(37)34(20-22-10-6-5-7-11-22)30(39)35(26)25-13-9-8-12-24(25)31(2,3)4/h5-18H,19-20H2,1-4H3,(H,32,38)(H,33,36). The zero-order chi connectivity index (χ0) is 28.2. The third kappa shape index (κ3) is 6.41. The van der Waals surface area contributed by atoms with E-state index in [2.05, 4.69) is 10.6 Å². The van der Waals surface area contributed by atoms with E-state index in [4.69, 9.17) is 0 Å². The highest BCUT2D eigenvalue weighted by Gasteiger charge is 2.23. The lowest BCUT2D eigenvalue weighted by Crippen LogP contribution is -2.42. The van der Waals surface area contributed by atoms with E-state index >= 15 is 0 Å². The fourth-order valence-corrected chi connectivity index (χ4v) is 4.27. The third-order valence-electron chi connectivity index (χ3n) is 6.32. The van der Waals surface area contributed by atoms with Crippen LogP contribution in [0.5, 0.6) is 0 Å². The van der Waals surface area contributed by atoms with Crippen molar-refractivity contribution in [2.45, 2.75) is 39.7 Å². The molecule has 4 rings (SSSR count). The molecule has 8 nitrogen and oxygen atoms in total. The quantitative estimate of drug-likeness (QED) is 0.381. The zero-order valence-corrected chi connectivity index (χ0v) is 22.5. The molecule has 200 valence electrons. The normalized spacial score (nSPS) is 11.2. The summed E-state index contributed by atoms with van der Waals surface area (Å²) in [4.78, 5) is 52.4. The summed E-state index contributed by atoms with van der Waals surface area (Å²) in [6.45, 7) is 7.73. The molecule has 39 heavy (non-hydrogen) atoms. The van der Waals surface area contributed by atoms with E-state index in [9.17, 15) is 19.2 Å². The lowest BCUT2D eigenvalue weighted by Gasteiger charge is -2.25. The maximum atomic E-state index is 13.9. The number of hydrogen-bond acceptors (Lipinski definition) is 4. The molecule has 0 aliphatic rings. The highest BCUT2D eigenvalue weighted by molar-refractivity contribution is 5.99. The van der Waals surface area contributed by atoms with Crippen molar-refractivity contribution in [1.29, 1.82) is 0 Å². The van der Waals surface area contributed by atoms with Crippen LogP contribution in [0.15, 0.2) is 94.5 Å². The number of hydrogen-bond donors (Lipinski definition) is 2. The van der Waals surface area contributed by atoms with Gasteiger partial charge in [0.25, 0.3) is 11.5 Å². The van der Waals surface area contributed by atoms with Gasteiger partial charge < -0.3 is 10.6 Å². The highest BCUT2D eigenvalue weighted by atomic mass is 16.2. The number of nitrogens with one attached hydrogen (secondary N) is 2. The van der Waals surface area contributed by atoms with Crippen molar-refractivity contribution in [2.75, 3.05) is 11.9 Å². The Morgan fingerprint density at radius 2 is 1.49 bits per heavy atom. The minimum Gasteiger partial charge on any atom is -0.343 e. The monoisotopic (exact) mass is 524 g/mol. The van der Waals surface area contributed by atoms with Gasteiger partial charge >= 0.3 is 5.69 Å². The molecule has 0 bridgehead atoms. The summed E-state index contributed by atoms with van der Waals surface area (Å²) >= 11 is 0. The molecule has 2 amide bonds. The molecular formula is C31H32N4O4. The molecule has 2 N–H and O–H groups in total. The van der Waals surface area contributed by atoms with Crippen LogP contribution in [0.4, 0.5) is 5.82 Å². The van der Waals surface area contributed by atoms with Gasteiger partial charge in [0, 0.05) is 11.6 Å². The first kappa shape index (κ1) is 27.3. The van der Waals surface area contributed by atoms with Crippen molar-refractivity contribution >= 4 is 17.6 Å². The molecule has 4 aromatic rings. The maximum absolute atomic E-state index is 13.9. The van der Waals surface area contributed by atoms with E-state index in [1.807, 2.05) is 82.3 Å². The summed E-state index contributed by atoms with van der Waals surface area (Å²) in [6.07, 6.45) is 0. The van der Waals surface area contributed by atoms with Crippen LogP contribution in [0.1, 0.15) is 47.8 Å². The summed E-state index contributed by atoms with van der Waals surface area (Å²) in [7, 11) is 0. The molecule has 0 aliphatic carbocycles. The molecule has 1 aromatic heterocycles. The number of nitrogens with zero attached hydrogens (tertiary/aromatic N) is 2. The Bertz CT molecular complexity index is 1610. The lowest BCUT2D eigenvalue weighted by molar-refractivity contribution is -0.115. The largest absolute Gasteiger partial charge is 0.343 e. The van der Waals surface area contributed by atoms with E-state index in [0.717, 1.165) is 21.3 Å². The molecule has 0 spiro atoms. The zero-order valence-electron chi connectivity index (χ0n) is 22.5. The van der Waals surface area contributed by atoms with Gasteiger partial charge in [-0.3, -0.25) is 19.0 Å². The fraction of sp³-hybridized carbons (Fsp3) is 0.226. The van der Waals surface area contributed by atoms with Crippen LogP contribution >= 0.6 is 0 Å². The number of carbonyl (C=O) groups is 2. The molecule has 0 radical (unpaired) electrons. The number of para-hydroxylation sites is 1. The predicted molar refractivity (Wildman–Crippen MR) is 153 cm³/mol. The van der Waals surface area contributed by atoms with Crippen molar-refractivity contribution in [3.05, 3.63) is 128 Å². The van der Waals surface area contributed by atoms with Crippen LogP contribution in [0.2, 0.25) is 0 Å². The molecule has 8 heteroatoms. The average Bonchev–Trinajstić information content (AvgIpc) is 2.90. The summed E-state index contributed by atoms with van der Waals surface area (Å²) in [5.41, 5.74) is 2.18. The topological polar surface area (TPSA) is 102 Å². The van der Waals surface area contributed by atoms with Gasteiger partial charge in [0.2, 0.25) is 5.91 Å². The number of amides is 2. The minimum absolute atomic E-state index is 0.0283. The van der Waals surface area contributed by atoms with Crippen LogP contribution in [-0.2, 0) is 16.8 Å². The molecular weight excluding hydrogens is 492 g/mol. The van der Waals surface area contributed by atoms with Crippen LogP contribution < -0.4 is 21.9 Å². The van der Waals surface area contributed by atoms with E-state index < -0.39 is 23.1 Å².